The third-order valence-corrected chi connectivity index (χ3v) is 2.51. The van der Waals surface area contributed by atoms with Crippen molar-refractivity contribution in [2.24, 2.45) is 0 Å². The van der Waals surface area contributed by atoms with Gasteiger partial charge >= 0.3 is 0 Å². The largest absolute Gasteiger partial charge is 0.388 e. The van der Waals surface area contributed by atoms with Crippen molar-refractivity contribution in [3.63, 3.8) is 0 Å². The summed E-state index contributed by atoms with van der Waals surface area (Å²) in [4.78, 5) is 0. The Labute approximate surface area is 151 Å². The summed E-state index contributed by atoms with van der Waals surface area (Å²) >= 11 is 0. The summed E-state index contributed by atoms with van der Waals surface area (Å²) in [7, 11) is 1.92. The molecule has 0 aromatic heterocycles. The van der Waals surface area contributed by atoms with Crippen LogP contribution in [0.5, 0.6) is 0 Å². The number of nitrogens with one attached hydrogen (secondary N) is 2. The average Bonchev–Trinajstić information content (AvgIpc) is 2.70. The summed E-state index contributed by atoms with van der Waals surface area (Å²) < 4.78 is 0. The molecule has 0 bridgehead atoms. The highest BCUT2D eigenvalue weighted by molar-refractivity contribution is 5.62. The first kappa shape index (κ1) is 26.9. The number of aryl methyl sites for hydroxylation is 1. The highest BCUT2D eigenvalue weighted by Crippen LogP contribution is 2.18. The smallest absolute Gasteiger partial charge is 0.0385 e. The van der Waals surface area contributed by atoms with Crippen molar-refractivity contribution in [1.29, 1.82) is 0 Å². The first-order chi connectivity index (χ1) is 11.8. The minimum Gasteiger partial charge on any atom is -0.388 e. The van der Waals surface area contributed by atoms with Crippen LogP contribution in [0.15, 0.2) is 48.5 Å². The second kappa shape index (κ2) is 21.0. The monoisotopic (exact) mass is 332 g/mol. The SMILES string of the molecule is CC.CC.CC.CC.CNc1ccc(Nc2ccc(C)cc2)cc1. The second-order valence-electron chi connectivity index (χ2n) is 3.82. The van der Waals surface area contributed by atoms with Gasteiger partial charge in [0.05, 0.1) is 0 Å². The molecule has 2 nitrogen and oxygen atoms in total. The molecule has 138 valence electrons. The molecule has 2 heteroatoms. The maximum Gasteiger partial charge on any atom is 0.0385 e. The van der Waals surface area contributed by atoms with Crippen molar-refractivity contribution in [1.82, 2.24) is 0 Å². The fraction of sp³-hybridized carbons (Fsp3) is 0.455. The zero-order chi connectivity index (χ0) is 19.4. The molecule has 0 fully saturated rings. The molecule has 0 heterocycles. The Hall–Kier alpha value is -1.96. The van der Waals surface area contributed by atoms with Crippen LogP contribution in [-0.4, -0.2) is 7.05 Å². The number of hydrogen-bond donors (Lipinski definition) is 2. The Morgan fingerprint density at radius 1 is 0.500 bits per heavy atom. The van der Waals surface area contributed by atoms with Crippen molar-refractivity contribution in [3.05, 3.63) is 54.1 Å². The van der Waals surface area contributed by atoms with E-state index >= 15 is 0 Å². The topological polar surface area (TPSA) is 24.1 Å². The molecule has 2 aromatic rings. The van der Waals surface area contributed by atoms with E-state index in [1.54, 1.807) is 0 Å². The van der Waals surface area contributed by atoms with Gasteiger partial charge in [0.25, 0.3) is 0 Å². The maximum atomic E-state index is 3.35. The van der Waals surface area contributed by atoms with Gasteiger partial charge < -0.3 is 10.6 Å². The van der Waals surface area contributed by atoms with E-state index in [1.165, 1.54) is 5.56 Å². The molecule has 0 unspecified atom stereocenters. The van der Waals surface area contributed by atoms with Crippen molar-refractivity contribution in [3.8, 4) is 0 Å². The molecule has 0 amide bonds. The van der Waals surface area contributed by atoms with E-state index in [0.717, 1.165) is 17.1 Å². The van der Waals surface area contributed by atoms with Gasteiger partial charge in [0.15, 0.2) is 0 Å². The predicted octanol–water partition coefficient (Wildman–Crippen LogP) is 7.89. The number of hydrogen-bond acceptors (Lipinski definition) is 2. The molecule has 2 N–H and O–H groups in total. The van der Waals surface area contributed by atoms with E-state index in [4.69, 9.17) is 0 Å². The standard InChI is InChI=1S/C14H16N2.4C2H6/c1-11-3-5-13(6-4-11)16-14-9-7-12(15-2)8-10-14;4*1-2/h3-10,15-16H,1-2H3;4*1-2H3. The molecule has 0 radical (unpaired) electrons. The first-order valence-corrected chi connectivity index (χ1v) is 9.39. The molecule has 0 aliphatic carbocycles. The Morgan fingerprint density at radius 2 is 0.792 bits per heavy atom. The van der Waals surface area contributed by atoms with Gasteiger partial charge in [-0.05, 0) is 43.3 Å². The highest BCUT2D eigenvalue weighted by atomic mass is 14.9. The van der Waals surface area contributed by atoms with Crippen LogP contribution in [0.2, 0.25) is 0 Å². The predicted molar refractivity (Wildman–Crippen MR) is 116 cm³/mol. The van der Waals surface area contributed by atoms with E-state index in [9.17, 15) is 0 Å². The van der Waals surface area contributed by atoms with Gasteiger partial charge in [0, 0.05) is 24.1 Å². The van der Waals surface area contributed by atoms with Crippen LogP contribution in [0.4, 0.5) is 17.1 Å². The Kier molecular flexibility index (Phi) is 23.6. The minimum atomic E-state index is 1.10. The summed E-state index contributed by atoms with van der Waals surface area (Å²) in [5.74, 6) is 0. The zero-order valence-corrected chi connectivity index (χ0v) is 17.6. The molecule has 2 rings (SSSR count). The fourth-order valence-corrected chi connectivity index (χ4v) is 1.52. The van der Waals surface area contributed by atoms with Crippen LogP contribution in [0.1, 0.15) is 61.0 Å². The van der Waals surface area contributed by atoms with Crippen molar-refractivity contribution < 1.29 is 0 Å². The number of anilines is 3. The van der Waals surface area contributed by atoms with Crippen LogP contribution in [0.3, 0.4) is 0 Å². The van der Waals surface area contributed by atoms with E-state index in [0.29, 0.717) is 0 Å². The van der Waals surface area contributed by atoms with Crippen molar-refractivity contribution in [2.75, 3.05) is 17.7 Å². The van der Waals surface area contributed by atoms with Gasteiger partial charge in [-0.15, -0.1) is 0 Å². The Balaban J connectivity index is -0.000000484. The van der Waals surface area contributed by atoms with Gasteiger partial charge in [-0.1, -0.05) is 73.1 Å². The second-order valence-corrected chi connectivity index (χ2v) is 3.82. The number of rotatable bonds is 3. The van der Waals surface area contributed by atoms with E-state index in [2.05, 4.69) is 66.1 Å². The number of benzene rings is 2. The third-order valence-electron chi connectivity index (χ3n) is 2.51. The van der Waals surface area contributed by atoms with Gasteiger partial charge in [0.2, 0.25) is 0 Å². The molecule has 24 heavy (non-hydrogen) atoms. The molecule has 0 spiro atoms. The first-order valence-electron chi connectivity index (χ1n) is 9.39. The molecule has 0 saturated heterocycles. The summed E-state index contributed by atoms with van der Waals surface area (Å²) in [6, 6.07) is 16.6. The highest BCUT2D eigenvalue weighted by Gasteiger charge is 1.94. The lowest BCUT2D eigenvalue weighted by Crippen LogP contribution is -1.91. The molecular formula is C22H40N2. The van der Waals surface area contributed by atoms with E-state index < -0.39 is 0 Å². The van der Waals surface area contributed by atoms with E-state index in [1.807, 2.05) is 62.4 Å². The Morgan fingerprint density at radius 3 is 1.12 bits per heavy atom. The lowest BCUT2D eigenvalue weighted by Gasteiger charge is -2.07. The average molecular weight is 333 g/mol. The zero-order valence-electron chi connectivity index (χ0n) is 17.6. The van der Waals surface area contributed by atoms with Crippen LogP contribution in [0, 0.1) is 6.92 Å². The summed E-state index contributed by atoms with van der Waals surface area (Å²) in [6.45, 7) is 18.1. The van der Waals surface area contributed by atoms with Crippen LogP contribution >= 0.6 is 0 Å². The maximum absolute atomic E-state index is 3.35. The van der Waals surface area contributed by atoms with E-state index in [-0.39, 0.29) is 0 Å². The van der Waals surface area contributed by atoms with Crippen molar-refractivity contribution >= 4 is 17.1 Å². The van der Waals surface area contributed by atoms with Gasteiger partial charge in [0.1, 0.15) is 0 Å². The van der Waals surface area contributed by atoms with Crippen LogP contribution < -0.4 is 10.6 Å². The van der Waals surface area contributed by atoms with Crippen LogP contribution in [-0.2, 0) is 0 Å². The molecule has 0 aliphatic rings. The van der Waals surface area contributed by atoms with Crippen LogP contribution in [0.25, 0.3) is 0 Å². The molecule has 2 aromatic carbocycles. The summed E-state index contributed by atoms with van der Waals surface area (Å²) in [5, 5.41) is 6.45. The van der Waals surface area contributed by atoms with Gasteiger partial charge in [-0.25, -0.2) is 0 Å². The third kappa shape index (κ3) is 12.6. The van der Waals surface area contributed by atoms with Gasteiger partial charge in [-0.3, -0.25) is 0 Å². The minimum absolute atomic E-state index is 1.10. The lowest BCUT2D eigenvalue weighted by molar-refractivity contribution is 1.45. The van der Waals surface area contributed by atoms with Crippen molar-refractivity contribution in [2.45, 2.75) is 62.3 Å². The quantitative estimate of drug-likeness (QED) is 0.597. The van der Waals surface area contributed by atoms with Gasteiger partial charge in [-0.2, -0.15) is 0 Å². The Bertz CT molecular complexity index is 444. The fourth-order valence-electron chi connectivity index (χ4n) is 1.52. The molecule has 0 saturated carbocycles. The lowest BCUT2D eigenvalue weighted by atomic mass is 10.2. The summed E-state index contributed by atoms with van der Waals surface area (Å²) in [5.41, 5.74) is 4.61. The molecule has 0 atom stereocenters. The molecule has 0 aliphatic heterocycles. The summed E-state index contributed by atoms with van der Waals surface area (Å²) in [6.07, 6.45) is 0. The molecular weight excluding hydrogens is 292 g/mol. The normalized spacial score (nSPS) is 7.58.